The van der Waals surface area contributed by atoms with Gasteiger partial charge in [-0.15, -0.1) is 0 Å². The summed E-state index contributed by atoms with van der Waals surface area (Å²) in [4.78, 5) is 12.8. The molecule has 0 saturated carbocycles. The van der Waals surface area contributed by atoms with Gasteiger partial charge in [0.05, 0.1) is 22.8 Å². The van der Waals surface area contributed by atoms with E-state index < -0.39 is 5.91 Å². The minimum absolute atomic E-state index is 0.162. The molecular weight excluding hydrogens is 594 g/mol. The second-order valence-corrected chi connectivity index (χ2v) is 9.78. The fraction of sp³-hybridized carbons (Fsp3) is 0.130. The number of rotatable bonds is 5. The van der Waals surface area contributed by atoms with Crippen molar-refractivity contribution in [3.63, 3.8) is 0 Å². The molecule has 0 saturated heterocycles. The molecule has 1 aliphatic heterocycles. The molecule has 3 aromatic carbocycles. The van der Waals surface area contributed by atoms with Crippen molar-refractivity contribution in [1.29, 1.82) is 0 Å². The summed E-state index contributed by atoms with van der Waals surface area (Å²) in [7, 11) is 1.50. The molecule has 6 nitrogen and oxygen atoms in total. The quantitative estimate of drug-likeness (QED) is 0.291. The summed E-state index contributed by atoms with van der Waals surface area (Å²) in [6, 6.07) is 16.7. The van der Waals surface area contributed by atoms with E-state index in [-0.39, 0.29) is 11.3 Å². The molecule has 0 aromatic heterocycles. The Bertz CT molecular complexity index is 1220. The molecule has 3 N–H and O–H groups in total. The van der Waals surface area contributed by atoms with Crippen LogP contribution in [0.4, 0.5) is 11.4 Å². The minimum atomic E-state index is -0.392. The number of fused-ring (bicyclic) bond motifs is 1. The first kappa shape index (κ1) is 23.8. The van der Waals surface area contributed by atoms with Crippen LogP contribution >= 0.6 is 55.7 Å². The molecule has 0 spiro atoms. The Hall–Kier alpha value is -2.33. The zero-order valence-electron chi connectivity index (χ0n) is 17.2. The number of anilines is 2. The van der Waals surface area contributed by atoms with Crippen molar-refractivity contribution >= 4 is 78.1 Å². The maximum atomic E-state index is 12.8. The van der Waals surface area contributed by atoms with Gasteiger partial charge in [0.1, 0.15) is 11.5 Å². The molecule has 33 heavy (non-hydrogen) atoms. The molecule has 1 amide bonds. The first-order valence-electron chi connectivity index (χ1n) is 9.79. The van der Waals surface area contributed by atoms with E-state index in [9.17, 15) is 4.79 Å². The predicted molar refractivity (Wildman–Crippen MR) is 142 cm³/mol. The molecule has 4 rings (SSSR count). The maximum absolute atomic E-state index is 12.8. The first-order valence-corrected chi connectivity index (χ1v) is 12.2. The summed E-state index contributed by atoms with van der Waals surface area (Å²) in [6.07, 6.45) is 0.498. The number of benzene rings is 3. The number of carbonyl (C=O) groups excluding carboxylic acids is 1. The number of thiocarbonyl (C=S) groups is 1. The molecule has 1 heterocycles. The number of ether oxygens (including phenoxy) is 2. The molecular formula is C23H18Br2ClN3O3S. The molecule has 1 atom stereocenters. The van der Waals surface area contributed by atoms with Crippen molar-refractivity contribution in [2.24, 2.45) is 0 Å². The Labute approximate surface area is 218 Å². The topological polar surface area (TPSA) is 71.6 Å². The number of hydrogen-bond donors (Lipinski definition) is 3. The van der Waals surface area contributed by atoms with E-state index in [4.69, 9.17) is 33.3 Å². The molecule has 1 aliphatic rings. The molecule has 0 aliphatic carbocycles. The van der Waals surface area contributed by atoms with E-state index in [1.807, 2.05) is 42.5 Å². The SMILES string of the molecule is COc1c(Br)cc(Br)cc1C(=O)NC(=S)Nc1ccc2c(c1)NC(Cc1ccc(Cl)cc1)O2. The summed E-state index contributed by atoms with van der Waals surface area (Å²) in [6.45, 7) is 0. The van der Waals surface area contributed by atoms with Crippen molar-refractivity contribution < 1.29 is 14.3 Å². The third-order valence-corrected chi connectivity index (χ3v) is 6.34. The van der Waals surface area contributed by atoms with Gasteiger partial charge in [-0.25, -0.2) is 0 Å². The number of methoxy groups -OCH3 is 1. The van der Waals surface area contributed by atoms with Crippen LogP contribution < -0.4 is 25.4 Å². The van der Waals surface area contributed by atoms with E-state index in [1.54, 1.807) is 12.1 Å². The van der Waals surface area contributed by atoms with Crippen LogP contribution in [0.15, 0.2) is 63.5 Å². The Kier molecular flexibility index (Phi) is 7.43. The van der Waals surface area contributed by atoms with Gasteiger partial charge >= 0.3 is 0 Å². The van der Waals surface area contributed by atoms with Crippen LogP contribution in [0.3, 0.4) is 0 Å². The van der Waals surface area contributed by atoms with Gasteiger partial charge in [0, 0.05) is 21.6 Å². The molecule has 0 bridgehead atoms. The highest BCUT2D eigenvalue weighted by Gasteiger charge is 2.23. The third-order valence-electron chi connectivity index (χ3n) is 4.84. The van der Waals surface area contributed by atoms with Gasteiger partial charge < -0.3 is 20.1 Å². The standard InChI is InChI=1S/C23H18Br2ClN3O3S/c1-31-21-16(9-13(24)10-17(21)25)22(30)29-23(33)27-15-6-7-19-18(11-15)28-20(32-19)8-12-2-4-14(26)5-3-12/h2-7,9-11,20,28H,8H2,1H3,(H2,27,29,30,33). The van der Waals surface area contributed by atoms with Crippen LogP contribution in [0.2, 0.25) is 5.02 Å². The van der Waals surface area contributed by atoms with E-state index in [2.05, 4.69) is 47.8 Å². The number of hydrogen-bond acceptors (Lipinski definition) is 5. The smallest absolute Gasteiger partial charge is 0.261 e. The van der Waals surface area contributed by atoms with Gasteiger partial charge in [-0.1, -0.05) is 39.7 Å². The zero-order chi connectivity index (χ0) is 23.5. The van der Waals surface area contributed by atoms with Crippen molar-refractivity contribution in [2.75, 3.05) is 17.7 Å². The summed E-state index contributed by atoms with van der Waals surface area (Å²) < 4.78 is 12.7. The van der Waals surface area contributed by atoms with Gasteiger partial charge in [0.15, 0.2) is 11.3 Å². The fourth-order valence-corrected chi connectivity index (χ4v) is 5.10. The summed E-state index contributed by atoms with van der Waals surface area (Å²) >= 11 is 18.1. The largest absolute Gasteiger partial charge is 0.495 e. The summed E-state index contributed by atoms with van der Waals surface area (Å²) in [5.41, 5.74) is 3.01. The Morgan fingerprint density at radius 1 is 1.18 bits per heavy atom. The second kappa shape index (κ2) is 10.3. The Morgan fingerprint density at radius 3 is 2.67 bits per heavy atom. The fourth-order valence-electron chi connectivity index (χ4n) is 3.38. The average Bonchev–Trinajstić information content (AvgIpc) is 3.16. The third kappa shape index (κ3) is 5.78. The number of nitrogens with one attached hydrogen (secondary N) is 3. The highest BCUT2D eigenvalue weighted by atomic mass is 79.9. The van der Waals surface area contributed by atoms with Crippen LogP contribution in [-0.4, -0.2) is 24.4 Å². The van der Waals surface area contributed by atoms with Crippen molar-refractivity contribution in [3.8, 4) is 11.5 Å². The van der Waals surface area contributed by atoms with E-state index in [0.29, 0.717) is 32.9 Å². The highest BCUT2D eigenvalue weighted by molar-refractivity contribution is 9.11. The number of halogens is 3. The van der Waals surface area contributed by atoms with Crippen molar-refractivity contribution in [1.82, 2.24) is 5.32 Å². The molecule has 3 aromatic rings. The van der Waals surface area contributed by atoms with E-state index in [1.165, 1.54) is 7.11 Å². The minimum Gasteiger partial charge on any atom is -0.495 e. The zero-order valence-corrected chi connectivity index (χ0v) is 22.0. The number of amides is 1. The number of carbonyl (C=O) groups is 1. The lowest BCUT2D eigenvalue weighted by Gasteiger charge is -2.13. The average molecular weight is 612 g/mol. The lowest BCUT2D eigenvalue weighted by atomic mass is 10.1. The molecule has 1 unspecified atom stereocenters. The molecule has 170 valence electrons. The van der Waals surface area contributed by atoms with Crippen LogP contribution in [0, 0.1) is 0 Å². The van der Waals surface area contributed by atoms with Gasteiger partial charge in [-0.2, -0.15) is 0 Å². The van der Waals surface area contributed by atoms with Crippen molar-refractivity contribution in [2.45, 2.75) is 12.6 Å². The lowest BCUT2D eigenvalue weighted by molar-refractivity contribution is 0.0974. The Morgan fingerprint density at radius 2 is 1.94 bits per heavy atom. The monoisotopic (exact) mass is 609 g/mol. The normalized spacial score (nSPS) is 14.0. The Balaban J connectivity index is 1.39. The molecule has 0 radical (unpaired) electrons. The molecule has 10 heteroatoms. The first-order chi connectivity index (χ1) is 15.8. The highest BCUT2D eigenvalue weighted by Crippen LogP contribution is 2.35. The van der Waals surface area contributed by atoms with E-state index in [0.717, 1.165) is 21.5 Å². The predicted octanol–water partition coefficient (Wildman–Crippen LogP) is 6.37. The van der Waals surface area contributed by atoms with Crippen LogP contribution in [0.5, 0.6) is 11.5 Å². The van der Waals surface area contributed by atoms with Crippen molar-refractivity contribution in [3.05, 3.63) is 79.7 Å². The van der Waals surface area contributed by atoms with Crippen LogP contribution in [0.25, 0.3) is 0 Å². The van der Waals surface area contributed by atoms with E-state index >= 15 is 0 Å². The van der Waals surface area contributed by atoms with Gasteiger partial charge in [-0.05, 0) is 76.2 Å². The summed E-state index contributed by atoms with van der Waals surface area (Å²) in [5, 5.41) is 9.94. The maximum Gasteiger partial charge on any atom is 0.261 e. The van der Waals surface area contributed by atoms with Gasteiger partial charge in [0.25, 0.3) is 5.91 Å². The van der Waals surface area contributed by atoms with Gasteiger partial charge in [-0.3, -0.25) is 10.1 Å². The lowest BCUT2D eigenvalue weighted by Crippen LogP contribution is -2.34. The summed E-state index contributed by atoms with van der Waals surface area (Å²) in [5.74, 6) is 0.777. The van der Waals surface area contributed by atoms with Crippen LogP contribution in [0.1, 0.15) is 15.9 Å². The molecule has 0 fully saturated rings. The second-order valence-electron chi connectivity index (χ2n) is 7.17. The van der Waals surface area contributed by atoms with Gasteiger partial charge in [0.2, 0.25) is 0 Å². The van der Waals surface area contributed by atoms with Crippen LogP contribution in [-0.2, 0) is 6.42 Å².